The third kappa shape index (κ3) is 2.47. The summed E-state index contributed by atoms with van der Waals surface area (Å²) in [4.78, 5) is 25.3. The van der Waals surface area contributed by atoms with Crippen LogP contribution in [0.2, 0.25) is 0 Å². The lowest BCUT2D eigenvalue weighted by Crippen LogP contribution is -2.40. The number of hydrogen-bond acceptors (Lipinski definition) is 3. The SMILES string of the molecule is NC(=Nc1nc2c(c(=O)[nH]1)CCC2)N1CCCCC1. The first kappa shape index (κ1) is 12.2. The van der Waals surface area contributed by atoms with E-state index in [9.17, 15) is 4.79 Å². The van der Waals surface area contributed by atoms with E-state index >= 15 is 0 Å². The summed E-state index contributed by atoms with van der Waals surface area (Å²) in [7, 11) is 0. The van der Waals surface area contributed by atoms with Crippen molar-refractivity contribution in [1.82, 2.24) is 14.9 Å². The highest BCUT2D eigenvalue weighted by molar-refractivity contribution is 5.80. The van der Waals surface area contributed by atoms with Gasteiger partial charge in [-0.15, -0.1) is 0 Å². The van der Waals surface area contributed by atoms with Crippen molar-refractivity contribution >= 4 is 11.9 Å². The lowest BCUT2D eigenvalue weighted by Gasteiger charge is -2.27. The number of aryl methyl sites for hydroxylation is 1. The molecule has 102 valence electrons. The quantitative estimate of drug-likeness (QED) is 0.575. The highest BCUT2D eigenvalue weighted by Crippen LogP contribution is 2.18. The fourth-order valence-corrected chi connectivity index (χ4v) is 2.78. The van der Waals surface area contributed by atoms with Gasteiger partial charge < -0.3 is 10.6 Å². The van der Waals surface area contributed by atoms with E-state index in [0.717, 1.165) is 56.5 Å². The van der Waals surface area contributed by atoms with Crippen LogP contribution in [0.25, 0.3) is 0 Å². The Morgan fingerprint density at radius 3 is 2.79 bits per heavy atom. The molecule has 1 saturated heterocycles. The molecule has 0 saturated carbocycles. The van der Waals surface area contributed by atoms with Gasteiger partial charge in [-0.05, 0) is 38.5 Å². The Hall–Kier alpha value is -1.85. The van der Waals surface area contributed by atoms with Gasteiger partial charge >= 0.3 is 0 Å². The van der Waals surface area contributed by atoms with Gasteiger partial charge in [0.2, 0.25) is 5.95 Å². The van der Waals surface area contributed by atoms with Gasteiger partial charge in [0.25, 0.3) is 5.56 Å². The maximum absolute atomic E-state index is 11.9. The summed E-state index contributed by atoms with van der Waals surface area (Å²) >= 11 is 0. The molecule has 0 bridgehead atoms. The summed E-state index contributed by atoms with van der Waals surface area (Å²) in [5.41, 5.74) is 7.63. The molecule has 0 atom stereocenters. The fourth-order valence-electron chi connectivity index (χ4n) is 2.78. The largest absolute Gasteiger partial charge is 0.369 e. The summed E-state index contributed by atoms with van der Waals surface area (Å²) in [6, 6.07) is 0. The minimum atomic E-state index is -0.0623. The highest BCUT2D eigenvalue weighted by Gasteiger charge is 2.18. The number of aliphatic imine (C=N–C) groups is 1. The molecule has 3 N–H and O–H groups in total. The number of fused-ring (bicyclic) bond motifs is 1. The molecular weight excluding hydrogens is 242 g/mol. The Bertz CT molecular complexity index is 557. The molecular formula is C13H19N5O. The summed E-state index contributed by atoms with van der Waals surface area (Å²) in [6.45, 7) is 1.87. The molecule has 1 aromatic heterocycles. The standard InChI is InChI=1S/C13H19N5O/c14-12(18-7-2-1-3-8-18)17-13-15-10-6-4-5-9(10)11(19)16-13/h1-8H2,(H3,14,15,16,17,19). The molecule has 2 heterocycles. The molecule has 3 rings (SSSR count). The number of guanidine groups is 1. The predicted octanol–water partition coefficient (Wildman–Crippen LogP) is 0.691. The van der Waals surface area contributed by atoms with Gasteiger partial charge in [0, 0.05) is 18.7 Å². The van der Waals surface area contributed by atoms with Crippen LogP contribution < -0.4 is 11.3 Å². The summed E-state index contributed by atoms with van der Waals surface area (Å²) in [6.07, 6.45) is 6.22. The molecule has 0 spiro atoms. The Morgan fingerprint density at radius 2 is 2.00 bits per heavy atom. The lowest BCUT2D eigenvalue weighted by atomic mass is 10.1. The zero-order valence-electron chi connectivity index (χ0n) is 11.0. The van der Waals surface area contributed by atoms with Crippen LogP contribution in [0.3, 0.4) is 0 Å². The van der Waals surface area contributed by atoms with Crippen LogP contribution in [0, 0.1) is 0 Å². The molecule has 0 aromatic carbocycles. The lowest BCUT2D eigenvalue weighted by molar-refractivity contribution is 0.339. The van der Waals surface area contributed by atoms with Crippen molar-refractivity contribution in [2.75, 3.05) is 13.1 Å². The van der Waals surface area contributed by atoms with E-state index < -0.39 is 0 Å². The first-order chi connectivity index (χ1) is 9.24. The van der Waals surface area contributed by atoms with Gasteiger partial charge in [-0.2, -0.15) is 4.99 Å². The van der Waals surface area contributed by atoms with Gasteiger partial charge in [0.05, 0.1) is 5.69 Å². The van der Waals surface area contributed by atoms with Crippen LogP contribution in [0.5, 0.6) is 0 Å². The minimum Gasteiger partial charge on any atom is -0.369 e. The summed E-state index contributed by atoms with van der Waals surface area (Å²) < 4.78 is 0. The van der Waals surface area contributed by atoms with E-state index in [0.29, 0.717) is 11.9 Å². The maximum atomic E-state index is 11.9. The van der Waals surface area contributed by atoms with Crippen LogP contribution in [-0.4, -0.2) is 33.9 Å². The van der Waals surface area contributed by atoms with Crippen molar-refractivity contribution in [2.24, 2.45) is 10.7 Å². The molecule has 0 amide bonds. The number of piperidine rings is 1. The Morgan fingerprint density at radius 1 is 1.21 bits per heavy atom. The molecule has 1 aliphatic heterocycles. The van der Waals surface area contributed by atoms with Crippen LogP contribution >= 0.6 is 0 Å². The van der Waals surface area contributed by atoms with E-state index in [2.05, 4.69) is 19.9 Å². The number of nitrogens with zero attached hydrogens (tertiary/aromatic N) is 3. The Balaban J connectivity index is 1.86. The molecule has 0 unspecified atom stereocenters. The molecule has 6 nitrogen and oxygen atoms in total. The first-order valence-corrected chi connectivity index (χ1v) is 6.95. The topological polar surface area (TPSA) is 87.4 Å². The Kier molecular flexibility index (Phi) is 3.23. The van der Waals surface area contributed by atoms with E-state index in [-0.39, 0.29) is 5.56 Å². The van der Waals surface area contributed by atoms with Crippen LogP contribution in [0.1, 0.15) is 36.9 Å². The molecule has 1 aromatic rings. The molecule has 6 heteroatoms. The Labute approximate surface area is 111 Å². The van der Waals surface area contributed by atoms with Crippen molar-refractivity contribution in [2.45, 2.75) is 38.5 Å². The second-order valence-corrected chi connectivity index (χ2v) is 5.19. The van der Waals surface area contributed by atoms with E-state index in [1.165, 1.54) is 6.42 Å². The summed E-state index contributed by atoms with van der Waals surface area (Å²) in [5.74, 6) is 0.800. The molecule has 1 fully saturated rings. The van der Waals surface area contributed by atoms with Gasteiger partial charge in [-0.25, -0.2) is 4.98 Å². The number of likely N-dealkylation sites (tertiary alicyclic amines) is 1. The van der Waals surface area contributed by atoms with Crippen LogP contribution in [0.4, 0.5) is 5.95 Å². The number of aromatic amines is 1. The molecule has 0 radical (unpaired) electrons. The van der Waals surface area contributed by atoms with Gasteiger partial charge in [0.1, 0.15) is 0 Å². The number of rotatable bonds is 1. The fraction of sp³-hybridized carbons (Fsp3) is 0.615. The van der Waals surface area contributed by atoms with Crippen molar-refractivity contribution in [3.05, 3.63) is 21.6 Å². The third-order valence-corrected chi connectivity index (χ3v) is 3.83. The van der Waals surface area contributed by atoms with Crippen molar-refractivity contribution in [3.8, 4) is 0 Å². The van der Waals surface area contributed by atoms with Crippen molar-refractivity contribution in [3.63, 3.8) is 0 Å². The van der Waals surface area contributed by atoms with Gasteiger partial charge in [-0.3, -0.25) is 9.78 Å². The number of nitrogens with one attached hydrogen (secondary N) is 1. The first-order valence-electron chi connectivity index (χ1n) is 6.95. The van der Waals surface area contributed by atoms with Crippen LogP contribution in [0.15, 0.2) is 9.79 Å². The second kappa shape index (κ2) is 5.03. The average Bonchev–Trinajstić information content (AvgIpc) is 2.88. The zero-order valence-corrected chi connectivity index (χ0v) is 11.0. The van der Waals surface area contributed by atoms with Crippen molar-refractivity contribution in [1.29, 1.82) is 0 Å². The molecule has 2 aliphatic rings. The maximum Gasteiger partial charge on any atom is 0.255 e. The third-order valence-electron chi connectivity index (χ3n) is 3.83. The van der Waals surface area contributed by atoms with Crippen molar-refractivity contribution < 1.29 is 0 Å². The van der Waals surface area contributed by atoms with E-state index in [4.69, 9.17) is 5.73 Å². The number of H-pyrrole nitrogens is 1. The predicted molar refractivity (Wildman–Crippen MR) is 73.6 cm³/mol. The highest BCUT2D eigenvalue weighted by atomic mass is 16.1. The second-order valence-electron chi connectivity index (χ2n) is 5.19. The van der Waals surface area contributed by atoms with Crippen LogP contribution in [-0.2, 0) is 12.8 Å². The molecule has 1 aliphatic carbocycles. The van der Waals surface area contributed by atoms with Gasteiger partial charge in [0.15, 0.2) is 5.96 Å². The van der Waals surface area contributed by atoms with Gasteiger partial charge in [-0.1, -0.05) is 0 Å². The molecule has 19 heavy (non-hydrogen) atoms. The minimum absolute atomic E-state index is 0.0623. The number of hydrogen-bond donors (Lipinski definition) is 2. The zero-order chi connectivity index (χ0) is 13.2. The smallest absolute Gasteiger partial charge is 0.255 e. The van der Waals surface area contributed by atoms with E-state index in [1.807, 2.05) is 0 Å². The van der Waals surface area contributed by atoms with E-state index in [1.54, 1.807) is 0 Å². The monoisotopic (exact) mass is 261 g/mol. The number of aromatic nitrogens is 2. The number of nitrogens with two attached hydrogens (primary N) is 1. The average molecular weight is 261 g/mol. The normalized spacial score (nSPS) is 19.6. The summed E-state index contributed by atoms with van der Waals surface area (Å²) in [5, 5.41) is 0.